The molecule has 29 heavy (non-hydrogen) atoms. The molecular formula is C24H31ClN2O2. The lowest BCUT2D eigenvalue weighted by atomic mass is 10.0. The number of benzene rings is 2. The summed E-state index contributed by atoms with van der Waals surface area (Å²) < 4.78 is 5.66. The molecule has 1 fully saturated rings. The molecule has 0 aromatic heterocycles. The van der Waals surface area contributed by atoms with Gasteiger partial charge in [0, 0.05) is 11.6 Å². The number of likely N-dealkylation sites (tertiary alicyclic amines) is 1. The fourth-order valence-electron chi connectivity index (χ4n) is 3.77. The second-order valence-corrected chi connectivity index (χ2v) is 8.36. The van der Waals surface area contributed by atoms with Gasteiger partial charge in [-0.2, -0.15) is 0 Å². The van der Waals surface area contributed by atoms with Gasteiger partial charge in [-0.1, -0.05) is 62.2 Å². The van der Waals surface area contributed by atoms with Gasteiger partial charge in [0.25, 0.3) is 5.91 Å². The Morgan fingerprint density at radius 3 is 2.41 bits per heavy atom. The smallest absolute Gasteiger partial charge is 0.258 e. The van der Waals surface area contributed by atoms with Crippen LogP contribution in [0.3, 0.4) is 0 Å². The van der Waals surface area contributed by atoms with Crippen molar-refractivity contribution in [1.29, 1.82) is 0 Å². The van der Waals surface area contributed by atoms with E-state index in [2.05, 4.69) is 30.1 Å². The van der Waals surface area contributed by atoms with Gasteiger partial charge in [0.15, 0.2) is 6.61 Å². The first-order chi connectivity index (χ1) is 14.0. The summed E-state index contributed by atoms with van der Waals surface area (Å²) in [6.45, 7) is 6.91. The monoisotopic (exact) mass is 414 g/mol. The highest BCUT2D eigenvalue weighted by molar-refractivity contribution is 6.31. The molecule has 2 aromatic rings. The molecule has 0 saturated carbocycles. The number of hydrogen-bond donors (Lipinski definition) is 1. The van der Waals surface area contributed by atoms with E-state index >= 15 is 0 Å². The van der Waals surface area contributed by atoms with Gasteiger partial charge in [-0.3, -0.25) is 9.69 Å². The molecule has 1 atom stereocenters. The maximum absolute atomic E-state index is 12.4. The van der Waals surface area contributed by atoms with Crippen LogP contribution in [0.5, 0.6) is 5.75 Å². The molecule has 0 bridgehead atoms. The average molecular weight is 415 g/mol. The number of nitrogens with zero attached hydrogens (tertiary/aromatic N) is 1. The molecule has 1 heterocycles. The van der Waals surface area contributed by atoms with Crippen molar-refractivity contribution in [1.82, 2.24) is 10.2 Å². The van der Waals surface area contributed by atoms with Gasteiger partial charge >= 0.3 is 0 Å². The zero-order valence-corrected chi connectivity index (χ0v) is 18.1. The van der Waals surface area contributed by atoms with Crippen molar-refractivity contribution in [2.45, 2.75) is 45.1 Å². The van der Waals surface area contributed by atoms with Crippen LogP contribution in [0.4, 0.5) is 0 Å². The van der Waals surface area contributed by atoms with Crippen molar-refractivity contribution >= 4 is 17.5 Å². The normalized spacial score (nSPS) is 15.9. The lowest BCUT2D eigenvalue weighted by Gasteiger charge is -2.35. The van der Waals surface area contributed by atoms with Crippen LogP contribution in [0, 0.1) is 0 Å². The number of carbonyl (C=O) groups is 1. The van der Waals surface area contributed by atoms with E-state index in [0.717, 1.165) is 23.7 Å². The van der Waals surface area contributed by atoms with Gasteiger partial charge < -0.3 is 10.1 Å². The summed E-state index contributed by atoms with van der Waals surface area (Å²) in [6.07, 6.45) is 3.64. The topological polar surface area (TPSA) is 41.6 Å². The quantitative estimate of drug-likeness (QED) is 0.646. The van der Waals surface area contributed by atoms with Gasteiger partial charge in [-0.15, -0.1) is 0 Å². The fourth-order valence-corrected chi connectivity index (χ4v) is 4.03. The minimum absolute atomic E-state index is 0.0102. The number of piperidine rings is 1. The minimum atomic E-state index is -0.119. The molecule has 1 aliphatic rings. The van der Waals surface area contributed by atoms with Gasteiger partial charge in [-0.25, -0.2) is 0 Å². The van der Waals surface area contributed by atoms with E-state index in [1.807, 2.05) is 42.5 Å². The first kappa shape index (κ1) is 21.7. The summed E-state index contributed by atoms with van der Waals surface area (Å²) in [6, 6.07) is 15.9. The highest BCUT2D eigenvalue weighted by Crippen LogP contribution is 2.29. The highest BCUT2D eigenvalue weighted by atomic mass is 35.5. The Bertz CT molecular complexity index is 786. The van der Waals surface area contributed by atoms with Crippen molar-refractivity contribution in [2.24, 2.45) is 0 Å². The number of ether oxygens (including phenoxy) is 1. The molecule has 0 spiro atoms. The number of hydrogen-bond acceptors (Lipinski definition) is 3. The number of rotatable bonds is 8. The van der Waals surface area contributed by atoms with Gasteiger partial charge in [-0.05, 0) is 61.2 Å². The molecule has 0 radical (unpaired) electrons. The predicted octanol–water partition coefficient (Wildman–Crippen LogP) is 5.19. The number of amides is 1. The number of carbonyl (C=O) groups excluding carboxylic acids is 1. The van der Waals surface area contributed by atoms with Gasteiger partial charge in [0.2, 0.25) is 0 Å². The van der Waals surface area contributed by atoms with Crippen LogP contribution in [-0.4, -0.2) is 37.0 Å². The molecular weight excluding hydrogens is 384 g/mol. The van der Waals surface area contributed by atoms with E-state index in [4.69, 9.17) is 16.3 Å². The van der Waals surface area contributed by atoms with Crippen LogP contribution in [0.2, 0.25) is 5.02 Å². The zero-order valence-electron chi connectivity index (χ0n) is 17.4. The Hall–Kier alpha value is -2.04. The standard InChI is InChI=1S/C24H31ClN2O2/c1-18(2)19-10-12-20(13-11-19)29-17-24(28)26-16-23(27-14-6-3-7-15-27)21-8-4-5-9-22(21)25/h4-5,8-13,18,23H,3,6-7,14-17H2,1-2H3,(H,26,28)/t23-/m1/s1. The molecule has 2 aromatic carbocycles. The molecule has 0 aliphatic carbocycles. The van der Waals surface area contributed by atoms with Crippen LogP contribution < -0.4 is 10.1 Å². The fraction of sp³-hybridized carbons (Fsp3) is 0.458. The van der Waals surface area contributed by atoms with Crippen molar-refractivity contribution < 1.29 is 9.53 Å². The Labute approximate surface area is 179 Å². The van der Waals surface area contributed by atoms with Crippen molar-refractivity contribution in [3.8, 4) is 5.75 Å². The predicted molar refractivity (Wildman–Crippen MR) is 119 cm³/mol. The molecule has 156 valence electrons. The summed E-state index contributed by atoms with van der Waals surface area (Å²) in [5.41, 5.74) is 2.33. The van der Waals surface area contributed by atoms with E-state index in [1.54, 1.807) is 0 Å². The SMILES string of the molecule is CC(C)c1ccc(OCC(=O)NC[C@H](c2ccccc2Cl)N2CCCCC2)cc1. The molecule has 3 rings (SSSR count). The van der Waals surface area contributed by atoms with Crippen molar-refractivity contribution in [3.05, 3.63) is 64.7 Å². The summed E-state index contributed by atoms with van der Waals surface area (Å²) >= 11 is 6.47. The Kier molecular flexibility index (Phi) is 7.96. The van der Waals surface area contributed by atoms with E-state index in [-0.39, 0.29) is 18.6 Å². The maximum atomic E-state index is 12.4. The van der Waals surface area contributed by atoms with Gasteiger partial charge in [0.1, 0.15) is 5.75 Å². The number of halogens is 1. The average Bonchev–Trinajstić information content (AvgIpc) is 2.74. The van der Waals surface area contributed by atoms with Crippen molar-refractivity contribution in [2.75, 3.05) is 26.2 Å². The molecule has 1 saturated heterocycles. The second kappa shape index (κ2) is 10.7. The van der Waals surface area contributed by atoms with Crippen LogP contribution in [0.1, 0.15) is 56.2 Å². The van der Waals surface area contributed by atoms with Crippen LogP contribution in [-0.2, 0) is 4.79 Å². The maximum Gasteiger partial charge on any atom is 0.258 e. The van der Waals surface area contributed by atoms with Crippen LogP contribution in [0.25, 0.3) is 0 Å². The van der Waals surface area contributed by atoms with E-state index in [0.29, 0.717) is 18.2 Å². The number of nitrogens with one attached hydrogen (secondary N) is 1. The Morgan fingerprint density at radius 1 is 1.07 bits per heavy atom. The molecule has 1 N–H and O–H groups in total. The van der Waals surface area contributed by atoms with Crippen molar-refractivity contribution in [3.63, 3.8) is 0 Å². The third-order valence-electron chi connectivity index (χ3n) is 5.50. The highest BCUT2D eigenvalue weighted by Gasteiger charge is 2.24. The van der Waals surface area contributed by atoms with E-state index in [1.165, 1.54) is 24.8 Å². The summed E-state index contributed by atoms with van der Waals surface area (Å²) in [7, 11) is 0. The Balaban J connectivity index is 1.57. The largest absolute Gasteiger partial charge is 0.484 e. The van der Waals surface area contributed by atoms with E-state index < -0.39 is 0 Å². The minimum Gasteiger partial charge on any atom is -0.484 e. The molecule has 4 nitrogen and oxygen atoms in total. The first-order valence-corrected chi connectivity index (χ1v) is 10.9. The van der Waals surface area contributed by atoms with E-state index in [9.17, 15) is 4.79 Å². The summed E-state index contributed by atoms with van der Waals surface area (Å²) in [5, 5.41) is 3.79. The van der Waals surface area contributed by atoms with Gasteiger partial charge in [0.05, 0.1) is 6.04 Å². The van der Waals surface area contributed by atoms with Crippen LogP contribution >= 0.6 is 11.6 Å². The second-order valence-electron chi connectivity index (χ2n) is 7.95. The Morgan fingerprint density at radius 2 is 1.76 bits per heavy atom. The molecule has 0 unspecified atom stereocenters. The van der Waals surface area contributed by atoms with Crippen LogP contribution in [0.15, 0.2) is 48.5 Å². The third kappa shape index (κ3) is 6.22. The lowest BCUT2D eigenvalue weighted by Crippen LogP contribution is -2.41. The lowest BCUT2D eigenvalue weighted by molar-refractivity contribution is -0.123. The molecule has 1 amide bonds. The third-order valence-corrected chi connectivity index (χ3v) is 5.85. The first-order valence-electron chi connectivity index (χ1n) is 10.5. The molecule has 5 heteroatoms. The zero-order chi connectivity index (χ0) is 20.6. The molecule has 1 aliphatic heterocycles. The summed E-state index contributed by atoms with van der Waals surface area (Å²) in [4.78, 5) is 14.8. The summed E-state index contributed by atoms with van der Waals surface area (Å²) in [5.74, 6) is 1.07.